The van der Waals surface area contributed by atoms with Gasteiger partial charge in [0.15, 0.2) is 6.10 Å². The van der Waals surface area contributed by atoms with Crippen LogP contribution in [0.5, 0.6) is 0 Å². The van der Waals surface area contributed by atoms with Gasteiger partial charge in [0.05, 0.1) is 5.92 Å². The molecule has 2 N–H and O–H groups in total. The number of hydrogen-bond donors (Lipinski definition) is 2. The molecule has 12 nitrogen and oxygen atoms in total. The highest BCUT2D eigenvalue weighted by Crippen LogP contribution is 2.25. The molecule has 4 amide bonds. The Morgan fingerprint density at radius 2 is 1.54 bits per heavy atom. The highest BCUT2D eigenvalue weighted by molar-refractivity contribution is 5.95. The average molecular weight is 723 g/mol. The normalized spacial score (nSPS) is 27.8. The number of unbranched alkanes of at least 4 members (excludes halogenated alkanes) is 1. The van der Waals surface area contributed by atoms with Crippen molar-refractivity contribution in [3.05, 3.63) is 35.9 Å². The number of rotatable bonds is 9. The van der Waals surface area contributed by atoms with Gasteiger partial charge in [-0.3, -0.25) is 19.2 Å². The Balaban J connectivity index is 2.14. The Morgan fingerprint density at radius 3 is 2.13 bits per heavy atom. The summed E-state index contributed by atoms with van der Waals surface area (Å²) >= 11 is 0. The number of terminal acetylenes is 1. The molecular formula is C40H58N4O8. The van der Waals surface area contributed by atoms with Gasteiger partial charge in [-0.1, -0.05) is 85.2 Å². The van der Waals surface area contributed by atoms with E-state index in [1.165, 1.54) is 16.8 Å². The Bertz CT molecular complexity index is 1460. The molecule has 3 rings (SSSR count). The fraction of sp³-hybridized carbons (Fsp3) is 0.650. The largest absolute Gasteiger partial charge is 0.460 e. The predicted molar refractivity (Wildman–Crippen MR) is 196 cm³/mol. The van der Waals surface area contributed by atoms with E-state index in [1.807, 2.05) is 44.2 Å². The monoisotopic (exact) mass is 722 g/mol. The zero-order chi connectivity index (χ0) is 38.7. The molecule has 286 valence electrons. The molecular weight excluding hydrogens is 664 g/mol. The summed E-state index contributed by atoms with van der Waals surface area (Å²) in [6, 6.07) is 5.00. The Kier molecular flexibility index (Phi) is 15.7. The van der Waals surface area contributed by atoms with Crippen LogP contribution < -0.4 is 10.6 Å². The molecule has 2 aliphatic heterocycles. The smallest absolute Gasteiger partial charge is 0.329 e. The lowest BCUT2D eigenvalue weighted by Crippen LogP contribution is -2.57. The van der Waals surface area contributed by atoms with E-state index in [0.29, 0.717) is 32.1 Å². The second-order valence-corrected chi connectivity index (χ2v) is 14.9. The molecule has 0 saturated carbocycles. The van der Waals surface area contributed by atoms with Crippen molar-refractivity contribution in [1.29, 1.82) is 0 Å². The van der Waals surface area contributed by atoms with Crippen molar-refractivity contribution in [1.82, 2.24) is 20.4 Å². The highest BCUT2D eigenvalue weighted by atomic mass is 16.6. The lowest BCUT2D eigenvalue weighted by atomic mass is 9.94. The van der Waals surface area contributed by atoms with Crippen molar-refractivity contribution in [2.75, 3.05) is 13.6 Å². The molecule has 12 heteroatoms. The van der Waals surface area contributed by atoms with Crippen LogP contribution in [0.15, 0.2) is 30.3 Å². The molecule has 0 radical (unpaired) electrons. The van der Waals surface area contributed by atoms with Crippen molar-refractivity contribution in [3.8, 4) is 12.3 Å². The first-order valence-corrected chi connectivity index (χ1v) is 18.7. The van der Waals surface area contributed by atoms with Crippen LogP contribution in [-0.4, -0.2) is 95.3 Å². The maximum atomic E-state index is 14.3. The molecule has 0 unspecified atom stereocenters. The maximum absolute atomic E-state index is 14.3. The standard InChI is InChI=1S/C40H58N4O8/c1-10-12-14-21-30-27(8)35(45)41-32(24(3)4)38(48)43(9)34(25(5)6)40(50)52-31(23-28-18-15-13-16-19-28)37(47)44-22-17-20-29(44)36(46)42-33(26(7)11-2)39(49)51-30/h1,13,15-16,18-19,24-27,29-34H,11-12,14,17,20-23H2,2-9H3,(H,41,45)(H,42,46)/t26-,27-,29-,30+,31+,32-,33-,34+/m0/s1. The molecule has 1 aromatic rings. The number of likely N-dealkylation sites (N-methyl/N-ethyl adjacent to an activating group) is 1. The predicted octanol–water partition coefficient (Wildman–Crippen LogP) is 3.65. The molecule has 2 fully saturated rings. The number of ether oxygens (including phenoxy) is 2. The first-order chi connectivity index (χ1) is 24.6. The van der Waals surface area contributed by atoms with E-state index < -0.39 is 83.8 Å². The summed E-state index contributed by atoms with van der Waals surface area (Å²) in [6.45, 7) is 12.7. The third kappa shape index (κ3) is 10.6. The van der Waals surface area contributed by atoms with Crippen molar-refractivity contribution < 1.29 is 38.2 Å². The van der Waals surface area contributed by atoms with Gasteiger partial charge in [-0.15, -0.1) is 12.3 Å². The van der Waals surface area contributed by atoms with Crippen molar-refractivity contribution in [3.63, 3.8) is 0 Å². The summed E-state index contributed by atoms with van der Waals surface area (Å²) in [5, 5.41) is 5.72. The van der Waals surface area contributed by atoms with Crippen molar-refractivity contribution in [2.45, 2.75) is 130 Å². The number of fused-ring (bicyclic) bond motifs is 1. The van der Waals surface area contributed by atoms with Crippen LogP contribution in [0.4, 0.5) is 0 Å². The number of nitrogens with one attached hydrogen (secondary N) is 2. The minimum atomic E-state index is -1.30. The first-order valence-electron chi connectivity index (χ1n) is 18.7. The SMILES string of the molecule is C#CCCC[C@H]1OC(=O)[C@H]([C@@H](C)CC)NC(=O)[C@@H]2CCCN2C(=O)[C@@H](Cc2ccccc2)OC(=O)[C@@H](C(C)C)N(C)C(=O)[C@H](C(C)C)NC(=O)[C@H]1C. The topological polar surface area (TPSA) is 151 Å². The minimum Gasteiger partial charge on any atom is -0.460 e. The zero-order valence-corrected chi connectivity index (χ0v) is 32.1. The lowest BCUT2D eigenvalue weighted by molar-refractivity contribution is -0.168. The lowest BCUT2D eigenvalue weighted by Gasteiger charge is -2.35. The number of carbonyl (C=O) groups is 6. The van der Waals surface area contributed by atoms with Gasteiger partial charge >= 0.3 is 11.9 Å². The quantitative estimate of drug-likeness (QED) is 0.223. The Morgan fingerprint density at radius 1 is 0.885 bits per heavy atom. The van der Waals surface area contributed by atoms with Crippen LogP contribution in [-0.2, 0) is 44.7 Å². The molecule has 2 aliphatic rings. The molecule has 2 saturated heterocycles. The van der Waals surface area contributed by atoms with Crippen LogP contribution in [0.25, 0.3) is 0 Å². The summed E-state index contributed by atoms with van der Waals surface area (Å²) in [4.78, 5) is 86.9. The Hall–Kier alpha value is -4.40. The molecule has 0 bridgehead atoms. The van der Waals surface area contributed by atoms with E-state index in [2.05, 4.69) is 16.6 Å². The van der Waals surface area contributed by atoms with Crippen LogP contribution in [0.1, 0.15) is 92.6 Å². The fourth-order valence-electron chi connectivity index (χ4n) is 6.86. The summed E-state index contributed by atoms with van der Waals surface area (Å²) in [5.74, 6) is -3.02. The third-order valence-electron chi connectivity index (χ3n) is 10.3. The number of carbonyl (C=O) groups excluding carboxylic acids is 6. The molecule has 52 heavy (non-hydrogen) atoms. The van der Waals surface area contributed by atoms with Crippen molar-refractivity contribution in [2.24, 2.45) is 23.7 Å². The van der Waals surface area contributed by atoms with Gasteiger partial charge < -0.3 is 29.9 Å². The van der Waals surface area contributed by atoms with Gasteiger partial charge in [0.2, 0.25) is 17.7 Å². The summed E-state index contributed by atoms with van der Waals surface area (Å²) < 4.78 is 12.1. The number of nitrogens with zero attached hydrogens (tertiary/aromatic N) is 2. The average Bonchev–Trinajstić information content (AvgIpc) is 3.61. The number of amides is 4. The van der Waals surface area contributed by atoms with E-state index in [0.717, 1.165) is 5.56 Å². The second kappa shape index (κ2) is 19.4. The van der Waals surface area contributed by atoms with Crippen LogP contribution >= 0.6 is 0 Å². The van der Waals surface area contributed by atoms with Gasteiger partial charge in [0.25, 0.3) is 5.91 Å². The van der Waals surface area contributed by atoms with Gasteiger partial charge in [0, 0.05) is 26.4 Å². The molecule has 0 aliphatic carbocycles. The number of benzene rings is 1. The minimum absolute atomic E-state index is 0.0458. The van der Waals surface area contributed by atoms with Gasteiger partial charge in [-0.05, 0) is 49.0 Å². The van der Waals surface area contributed by atoms with Gasteiger partial charge in [0.1, 0.15) is 30.3 Å². The Labute approximate surface area is 309 Å². The molecule has 2 heterocycles. The van der Waals surface area contributed by atoms with E-state index >= 15 is 0 Å². The highest BCUT2D eigenvalue weighted by Gasteiger charge is 2.44. The van der Waals surface area contributed by atoms with Crippen LogP contribution in [0, 0.1) is 36.0 Å². The third-order valence-corrected chi connectivity index (χ3v) is 10.3. The van der Waals surface area contributed by atoms with Gasteiger partial charge in [-0.25, -0.2) is 9.59 Å². The fourth-order valence-corrected chi connectivity index (χ4v) is 6.86. The molecule has 0 spiro atoms. The first kappa shape index (κ1) is 42.0. The molecule has 8 atom stereocenters. The number of esters is 2. The number of hydrogen-bond acceptors (Lipinski definition) is 8. The van der Waals surface area contributed by atoms with E-state index in [9.17, 15) is 28.8 Å². The molecule has 0 aromatic heterocycles. The summed E-state index contributed by atoms with van der Waals surface area (Å²) in [5.41, 5.74) is 0.742. The van der Waals surface area contributed by atoms with E-state index in [-0.39, 0.29) is 31.2 Å². The maximum Gasteiger partial charge on any atom is 0.329 e. The molecule has 1 aromatic carbocycles. The van der Waals surface area contributed by atoms with E-state index in [4.69, 9.17) is 15.9 Å². The second-order valence-electron chi connectivity index (χ2n) is 14.9. The number of cyclic esters (lactones) is 2. The zero-order valence-electron chi connectivity index (χ0n) is 32.1. The van der Waals surface area contributed by atoms with Gasteiger partial charge in [-0.2, -0.15) is 0 Å². The summed E-state index contributed by atoms with van der Waals surface area (Å²) in [7, 11) is 1.48. The van der Waals surface area contributed by atoms with E-state index in [1.54, 1.807) is 34.6 Å². The van der Waals surface area contributed by atoms with Crippen LogP contribution in [0.2, 0.25) is 0 Å². The van der Waals surface area contributed by atoms with Crippen LogP contribution in [0.3, 0.4) is 0 Å². The van der Waals surface area contributed by atoms with Crippen molar-refractivity contribution >= 4 is 35.6 Å². The summed E-state index contributed by atoms with van der Waals surface area (Å²) in [6.07, 6.45) is 5.90.